The summed E-state index contributed by atoms with van der Waals surface area (Å²) >= 11 is 3.70. The number of aromatic nitrogens is 2. The highest BCUT2D eigenvalue weighted by molar-refractivity contribution is 9.10. The van der Waals surface area contributed by atoms with Gasteiger partial charge >= 0.3 is 0 Å². The second-order valence-electron chi connectivity index (χ2n) is 4.86. The number of nitrogens with zero attached hydrogens (tertiary/aromatic N) is 2. The summed E-state index contributed by atoms with van der Waals surface area (Å²) in [5, 5.41) is 8.04. The number of hydrogen-bond donors (Lipinski definition) is 1. The molecule has 1 aromatic heterocycles. The van der Waals surface area contributed by atoms with Gasteiger partial charge in [0.05, 0.1) is 15.9 Å². The van der Waals surface area contributed by atoms with Gasteiger partial charge in [-0.05, 0) is 35.3 Å². The van der Waals surface area contributed by atoms with Gasteiger partial charge in [0.1, 0.15) is 0 Å². The van der Waals surface area contributed by atoms with Crippen LogP contribution in [0.15, 0.2) is 4.47 Å². The Morgan fingerprint density at radius 1 is 1.28 bits per heavy atom. The maximum absolute atomic E-state index is 4.57. The molecule has 3 nitrogen and oxygen atoms in total. The van der Waals surface area contributed by atoms with Crippen LogP contribution in [0.2, 0.25) is 0 Å². The van der Waals surface area contributed by atoms with E-state index in [-0.39, 0.29) is 0 Å². The topological polar surface area (TPSA) is 29.9 Å². The van der Waals surface area contributed by atoms with E-state index in [1.807, 2.05) is 11.7 Å². The smallest absolute Gasteiger partial charge is 0.0766 e. The standard InChI is InChI=1S/C14H26BrN3/c1-6-10(7-2)12(16-4)9-13-14(15)11(8-3)17-18(13)5/h10,12,16H,6-9H2,1-5H3. The first-order valence-electron chi connectivity index (χ1n) is 6.96. The van der Waals surface area contributed by atoms with Crippen molar-refractivity contribution in [2.75, 3.05) is 7.05 Å². The lowest BCUT2D eigenvalue weighted by Crippen LogP contribution is -2.35. The van der Waals surface area contributed by atoms with E-state index >= 15 is 0 Å². The van der Waals surface area contributed by atoms with Crippen LogP contribution in [0.4, 0.5) is 0 Å². The van der Waals surface area contributed by atoms with Gasteiger partial charge in [-0.2, -0.15) is 5.10 Å². The molecule has 1 N–H and O–H groups in total. The molecule has 18 heavy (non-hydrogen) atoms. The highest BCUT2D eigenvalue weighted by Crippen LogP contribution is 2.25. The summed E-state index contributed by atoms with van der Waals surface area (Å²) in [6.07, 6.45) is 4.45. The van der Waals surface area contributed by atoms with Crippen LogP contribution < -0.4 is 5.32 Å². The second kappa shape index (κ2) is 7.29. The molecule has 104 valence electrons. The van der Waals surface area contributed by atoms with Crippen LogP contribution in [0.5, 0.6) is 0 Å². The number of aryl methyl sites for hydroxylation is 2. The first-order valence-corrected chi connectivity index (χ1v) is 7.75. The highest BCUT2D eigenvalue weighted by atomic mass is 79.9. The predicted molar refractivity (Wildman–Crippen MR) is 80.9 cm³/mol. The van der Waals surface area contributed by atoms with Crippen LogP contribution >= 0.6 is 15.9 Å². The van der Waals surface area contributed by atoms with Crippen molar-refractivity contribution in [1.82, 2.24) is 15.1 Å². The minimum absolute atomic E-state index is 0.524. The van der Waals surface area contributed by atoms with Crippen LogP contribution in [0, 0.1) is 5.92 Å². The molecule has 0 saturated heterocycles. The molecular formula is C14H26BrN3. The van der Waals surface area contributed by atoms with Crippen molar-refractivity contribution in [3.63, 3.8) is 0 Å². The molecule has 1 rings (SSSR count). The van der Waals surface area contributed by atoms with Gasteiger partial charge in [0, 0.05) is 19.5 Å². The van der Waals surface area contributed by atoms with Gasteiger partial charge in [0.2, 0.25) is 0 Å². The van der Waals surface area contributed by atoms with E-state index < -0.39 is 0 Å². The van der Waals surface area contributed by atoms with Crippen LogP contribution in [0.1, 0.15) is 45.0 Å². The summed E-state index contributed by atoms with van der Waals surface area (Å²) < 4.78 is 3.22. The van der Waals surface area contributed by atoms with Crippen LogP contribution in [0.3, 0.4) is 0 Å². The molecule has 1 heterocycles. The zero-order valence-electron chi connectivity index (χ0n) is 12.3. The Morgan fingerprint density at radius 2 is 1.89 bits per heavy atom. The third kappa shape index (κ3) is 3.35. The average molecular weight is 316 g/mol. The zero-order chi connectivity index (χ0) is 13.7. The second-order valence-corrected chi connectivity index (χ2v) is 5.65. The quantitative estimate of drug-likeness (QED) is 0.836. The fourth-order valence-corrected chi connectivity index (χ4v) is 3.39. The number of hydrogen-bond acceptors (Lipinski definition) is 2. The van der Waals surface area contributed by atoms with Crippen molar-refractivity contribution in [2.24, 2.45) is 13.0 Å². The van der Waals surface area contributed by atoms with Gasteiger partial charge in [-0.15, -0.1) is 0 Å². The molecule has 1 aromatic rings. The molecule has 0 saturated carbocycles. The zero-order valence-corrected chi connectivity index (χ0v) is 13.8. The van der Waals surface area contributed by atoms with Crippen LogP contribution in [-0.2, 0) is 19.9 Å². The minimum atomic E-state index is 0.524. The Morgan fingerprint density at radius 3 is 2.28 bits per heavy atom. The molecule has 1 unspecified atom stereocenters. The largest absolute Gasteiger partial charge is 0.316 e. The van der Waals surface area contributed by atoms with Gasteiger partial charge in [-0.3, -0.25) is 4.68 Å². The van der Waals surface area contributed by atoms with Crippen LogP contribution in [-0.4, -0.2) is 22.9 Å². The molecule has 0 spiro atoms. The van der Waals surface area contributed by atoms with Crippen molar-refractivity contribution in [3.8, 4) is 0 Å². The maximum Gasteiger partial charge on any atom is 0.0766 e. The molecule has 0 fully saturated rings. The molecule has 0 aliphatic heterocycles. The van der Waals surface area contributed by atoms with E-state index in [4.69, 9.17) is 0 Å². The third-order valence-electron chi connectivity index (χ3n) is 3.90. The number of likely N-dealkylation sites (N-methyl/N-ethyl adjacent to an activating group) is 1. The van der Waals surface area contributed by atoms with Crippen molar-refractivity contribution in [3.05, 3.63) is 15.9 Å². The van der Waals surface area contributed by atoms with E-state index in [1.54, 1.807) is 0 Å². The number of rotatable bonds is 7. The van der Waals surface area contributed by atoms with E-state index in [2.05, 4.69) is 54.2 Å². The summed E-state index contributed by atoms with van der Waals surface area (Å²) in [5.74, 6) is 0.724. The van der Waals surface area contributed by atoms with Crippen molar-refractivity contribution in [2.45, 2.75) is 52.5 Å². The molecular weight excluding hydrogens is 290 g/mol. The predicted octanol–water partition coefficient (Wildman–Crippen LogP) is 3.31. The van der Waals surface area contributed by atoms with E-state index in [0.29, 0.717) is 6.04 Å². The highest BCUT2D eigenvalue weighted by Gasteiger charge is 2.21. The third-order valence-corrected chi connectivity index (χ3v) is 4.82. The lowest BCUT2D eigenvalue weighted by Gasteiger charge is -2.25. The molecule has 0 amide bonds. The Kier molecular flexibility index (Phi) is 6.36. The Hall–Kier alpha value is -0.350. The molecule has 4 heteroatoms. The van der Waals surface area contributed by atoms with Crippen molar-refractivity contribution >= 4 is 15.9 Å². The Balaban J connectivity index is 2.91. The van der Waals surface area contributed by atoms with Gasteiger partial charge in [0.25, 0.3) is 0 Å². The summed E-state index contributed by atoms with van der Waals surface area (Å²) in [5.41, 5.74) is 2.46. The first-order chi connectivity index (χ1) is 8.58. The minimum Gasteiger partial charge on any atom is -0.316 e. The number of nitrogens with one attached hydrogen (secondary N) is 1. The maximum atomic E-state index is 4.57. The summed E-state index contributed by atoms with van der Waals surface area (Å²) in [6, 6.07) is 0.524. The normalized spacial score (nSPS) is 13.3. The molecule has 0 aliphatic carbocycles. The molecule has 0 aliphatic rings. The van der Waals surface area contributed by atoms with Gasteiger partial charge in [-0.25, -0.2) is 0 Å². The lowest BCUT2D eigenvalue weighted by molar-refractivity contribution is 0.344. The fourth-order valence-electron chi connectivity index (χ4n) is 2.61. The SMILES string of the molecule is CCc1nn(C)c(CC(NC)C(CC)CC)c1Br. The first kappa shape index (κ1) is 15.7. The van der Waals surface area contributed by atoms with Gasteiger partial charge < -0.3 is 5.32 Å². The monoisotopic (exact) mass is 315 g/mol. The average Bonchev–Trinajstić information content (AvgIpc) is 2.65. The Bertz CT molecular complexity index is 369. The molecule has 1 atom stereocenters. The van der Waals surface area contributed by atoms with E-state index in [0.717, 1.165) is 24.5 Å². The Labute approximate surface area is 119 Å². The van der Waals surface area contributed by atoms with E-state index in [9.17, 15) is 0 Å². The molecule has 0 aromatic carbocycles. The summed E-state index contributed by atoms with van der Waals surface area (Å²) in [6.45, 7) is 6.69. The van der Waals surface area contributed by atoms with Crippen molar-refractivity contribution in [1.29, 1.82) is 0 Å². The summed E-state index contributed by atoms with van der Waals surface area (Å²) in [7, 11) is 4.10. The fraction of sp³-hybridized carbons (Fsp3) is 0.786. The summed E-state index contributed by atoms with van der Waals surface area (Å²) in [4.78, 5) is 0. The molecule has 0 bridgehead atoms. The van der Waals surface area contributed by atoms with Crippen molar-refractivity contribution < 1.29 is 0 Å². The number of halogens is 1. The van der Waals surface area contributed by atoms with Gasteiger partial charge in [-0.1, -0.05) is 33.6 Å². The molecule has 0 radical (unpaired) electrons. The van der Waals surface area contributed by atoms with E-state index in [1.165, 1.54) is 23.0 Å². The van der Waals surface area contributed by atoms with Gasteiger partial charge in [0.15, 0.2) is 0 Å². The lowest BCUT2D eigenvalue weighted by atomic mass is 9.91. The van der Waals surface area contributed by atoms with Crippen LogP contribution in [0.25, 0.3) is 0 Å².